The van der Waals surface area contributed by atoms with Crippen LogP contribution in [0.1, 0.15) is 381 Å². The van der Waals surface area contributed by atoms with Crippen LogP contribution in [0.5, 0.6) is 0 Å². The highest BCUT2D eigenvalue weighted by atomic mass is 31.2. The number of phosphoric acid groups is 2. The van der Waals surface area contributed by atoms with E-state index in [1.807, 2.05) is 0 Å². The third-order valence-electron chi connectivity index (χ3n) is 17.0. The van der Waals surface area contributed by atoms with E-state index in [1.165, 1.54) is 205 Å². The van der Waals surface area contributed by atoms with Crippen LogP contribution in [0.3, 0.4) is 0 Å². The molecule has 0 saturated heterocycles. The van der Waals surface area contributed by atoms with E-state index in [9.17, 15) is 43.2 Å². The van der Waals surface area contributed by atoms with Gasteiger partial charge in [-0.05, 0) is 31.6 Å². The summed E-state index contributed by atoms with van der Waals surface area (Å²) in [5.74, 6) is -1.34. The Balaban J connectivity index is 5.25. The van der Waals surface area contributed by atoms with Crippen molar-refractivity contribution >= 4 is 39.5 Å². The molecule has 0 radical (unpaired) electrons. The third kappa shape index (κ3) is 66.7. The minimum atomic E-state index is -4.95. The number of carbonyl (C=O) groups is 4. The molecule has 0 bridgehead atoms. The summed E-state index contributed by atoms with van der Waals surface area (Å²) in [4.78, 5) is 72.7. The van der Waals surface area contributed by atoms with Crippen molar-refractivity contribution in [3.05, 3.63) is 0 Å². The van der Waals surface area contributed by atoms with E-state index < -0.39 is 97.5 Å². The molecule has 0 amide bonds. The molecule has 0 spiro atoms. The summed E-state index contributed by atoms with van der Waals surface area (Å²) >= 11 is 0. The smallest absolute Gasteiger partial charge is 0.462 e. The Morgan fingerprint density at radius 2 is 0.500 bits per heavy atom. The van der Waals surface area contributed by atoms with Gasteiger partial charge in [-0.2, -0.15) is 0 Å². The number of rotatable bonds is 73. The van der Waals surface area contributed by atoms with Gasteiger partial charge in [-0.25, -0.2) is 9.13 Å². The molecule has 0 aromatic rings. The zero-order valence-electron chi connectivity index (χ0n) is 59.7. The maximum atomic E-state index is 13.1. The van der Waals surface area contributed by atoms with Crippen molar-refractivity contribution in [3.8, 4) is 0 Å². The minimum absolute atomic E-state index is 0.108. The van der Waals surface area contributed by atoms with Crippen molar-refractivity contribution in [2.45, 2.75) is 400 Å². The fraction of sp³-hybridized carbons (Fsp3) is 0.945. The van der Waals surface area contributed by atoms with E-state index in [-0.39, 0.29) is 25.7 Å². The first-order chi connectivity index (χ1) is 44.5. The average Bonchev–Trinajstić information content (AvgIpc) is 3.71. The number of aliphatic hydroxyl groups excluding tert-OH is 1. The molecule has 2 unspecified atom stereocenters. The lowest BCUT2D eigenvalue weighted by molar-refractivity contribution is -0.161. The molecule has 3 N–H and O–H groups in total. The van der Waals surface area contributed by atoms with Gasteiger partial charge in [0.1, 0.15) is 19.3 Å². The van der Waals surface area contributed by atoms with E-state index in [4.69, 9.17) is 37.0 Å². The minimum Gasteiger partial charge on any atom is -0.462 e. The first kappa shape index (κ1) is 90.1. The third-order valence-corrected chi connectivity index (χ3v) is 18.9. The van der Waals surface area contributed by atoms with Crippen molar-refractivity contribution in [2.75, 3.05) is 39.6 Å². The Labute approximate surface area is 562 Å². The Bertz CT molecular complexity index is 1770. The standard InChI is InChI=1S/C73H142O17P2/c1-6-9-12-15-18-21-24-26-27-29-33-39-44-49-54-59-73(78)90-69(63-84-71(76)57-52-47-42-37-34-30-31-35-40-45-50-55-66(4)5)65-88-92(81,82)86-61-67(74)60-85-91(79,80)87-64-68(62-83-70(75)56-51-46-41-36-23-20-17-14-11-8-3)89-72(77)58-53-48-43-38-32-28-25-22-19-16-13-10-7-2/h66-69,74H,6-65H2,1-5H3,(H,79,80)(H,81,82)/t67-,68+,69+/m0/s1. The first-order valence-corrected chi connectivity index (χ1v) is 41.1. The molecule has 19 heteroatoms. The summed E-state index contributed by atoms with van der Waals surface area (Å²) in [5, 5.41) is 10.6. The fourth-order valence-corrected chi connectivity index (χ4v) is 12.8. The lowest BCUT2D eigenvalue weighted by atomic mass is 10.0. The SMILES string of the molecule is CCCCCCCCCCCCCCCCCC(=O)O[C@H](COC(=O)CCCCCCCCCCCCCC(C)C)COP(=O)(O)OC[C@@H](O)COP(=O)(O)OC[C@@H](COC(=O)CCCCCCCCCCCC)OC(=O)CCCCCCCCCCCCCCC. The molecule has 0 heterocycles. The number of phosphoric ester groups is 2. The van der Waals surface area contributed by atoms with Crippen LogP contribution in [0.15, 0.2) is 0 Å². The van der Waals surface area contributed by atoms with Gasteiger partial charge in [0.25, 0.3) is 0 Å². The maximum absolute atomic E-state index is 13.1. The van der Waals surface area contributed by atoms with Crippen molar-refractivity contribution in [3.63, 3.8) is 0 Å². The molecule has 0 rings (SSSR count). The van der Waals surface area contributed by atoms with Crippen LogP contribution in [-0.2, 0) is 65.4 Å². The van der Waals surface area contributed by atoms with Crippen LogP contribution in [0.4, 0.5) is 0 Å². The second kappa shape index (κ2) is 66.3. The number of hydrogen-bond acceptors (Lipinski definition) is 15. The lowest BCUT2D eigenvalue weighted by Gasteiger charge is -2.21. The largest absolute Gasteiger partial charge is 0.472 e. The average molecular weight is 1350 g/mol. The molecule has 0 aromatic carbocycles. The normalized spacial score (nSPS) is 14.0. The summed E-state index contributed by atoms with van der Waals surface area (Å²) in [6.07, 6.45) is 53.9. The topological polar surface area (TPSA) is 237 Å². The van der Waals surface area contributed by atoms with Gasteiger partial charge in [0, 0.05) is 25.7 Å². The number of ether oxygens (including phenoxy) is 4. The molecule has 0 aliphatic carbocycles. The summed E-state index contributed by atoms with van der Waals surface area (Å²) < 4.78 is 68.4. The molecule has 92 heavy (non-hydrogen) atoms. The van der Waals surface area contributed by atoms with Crippen LogP contribution in [-0.4, -0.2) is 96.7 Å². The van der Waals surface area contributed by atoms with Gasteiger partial charge in [0.05, 0.1) is 26.4 Å². The highest BCUT2D eigenvalue weighted by molar-refractivity contribution is 7.47. The second-order valence-corrected chi connectivity index (χ2v) is 29.7. The van der Waals surface area contributed by atoms with Gasteiger partial charge < -0.3 is 33.8 Å². The molecule has 0 aliphatic rings. The number of unbranched alkanes of at least 4 members (excludes halogenated alkanes) is 45. The molecule has 0 aromatic heterocycles. The second-order valence-electron chi connectivity index (χ2n) is 26.8. The Morgan fingerprint density at radius 3 is 0.739 bits per heavy atom. The predicted octanol–water partition coefficient (Wildman–Crippen LogP) is 21.3. The van der Waals surface area contributed by atoms with E-state index >= 15 is 0 Å². The van der Waals surface area contributed by atoms with Gasteiger partial charge in [-0.15, -0.1) is 0 Å². The highest BCUT2D eigenvalue weighted by Gasteiger charge is 2.30. The monoisotopic (exact) mass is 1350 g/mol. The zero-order valence-corrected chi connectivity index (χ0v) is 61.5. The van der Waals surface area contributed by atoms with E-state index in [0.717, 1.165) is 95.8 Å². The Morgan fingerprint density at radius 1 is 0.293 bits per heavy atom. The van der Waals surface area contributed by atoms with Crippen LogP contribution in [0, 0.1) is 5.92 Å². The highest BCUT2D eigenvalue weighted by Crippen LogP contribution is 2.45. The van der Waals surface area contributed by atoms with Crippen molar-refractivity contribution in [1.29, 1.82) is 0 Å². The maximum Gasteiger partial charge on any atom is 0.472 e. The summed E-state index contributed by atoms with van der Waals surface area (Å²) in [6.45, 7) is 7.28. The zero-order chi connectivity index (χ0) is 67.7. The Hall–Kier alpha value is -1.94. The molecule has 546 valence electrons. The Kier molecular flexibility index (Phi) is 64.9. The molecular weight excluding hydrogens is 1210 g/mol. The van der Waals surface area contributed by atoms with Crippen molar-refractivity contribution in [1.82, 2.24) is 0 Å². The first-order valence-electron chi connectivity index (χ1n) is 38.1. The summed E-state index contributed by atoms with van der Waals surface area (Å²) in [5.41, 5.74) is 0. The summed E-state index contributed by atoms with van der Waals surface area (Å²) in [6, 6.07) is 0. The van der Waals surface area contributed by atoms with Crippen LogP contribution in [0.25, 0.3) is 0 Å². The summed E-state index contributed by atoms with van der Waals surface area (Å²) in [7, 11) is -9.90. The molecular formula is C73H142O17P2. The van der Waals surface area contributed by atoms with Gasteiger partial charge in [0.2, 0.25) is 0 Å². The van der Waals surface area contributed by atoms with Gasteiger partial charge in [-0.1, -0.05) is 330 Å². The molecule has 0 saturated carbocycles. The van der Waals surface area contributed by atoms with Crippen LogP contribution < -0.4 is 0 Å². The lowest BCUT2D eigenvalue weighted by Crippen LogP contribution is -2.30. The molecule has 0 aliphatic heterocycles. The molecule has 5 atom stereocenters. The number of carbonyl (C=O) groups excluding carboxylic acids is 4. The van der Waals surface area contributed by atoms with Gasteiger partial charge in [-0.3, -0.25) is 37.3 Å². The number of hydrogen-bond donors (Lipinski definition) is 3. The predicted molar refractivity (Wildman–Crippen MR) is 372 cm³/mol. The van der Waals surface area contributed by atoms with Crippen LogP contribution in [0.2, 0.25) is 0 Å². The van der Waals surface area contributed by atoms with Gasteiger partial charge in [0.15, 0.2) is 12.2 Å². The fourth-order valence-electron chi connectivity index (χ4n) is 11.2. The van der Waals surface area contributed by atoms with E-state index in [0.29, 0.717) is 25.7 Å². The van der Waals surface area contributed by atoms with Crippen molar-refractivity contribution < 1.29 is 80.2 Å². The molecule has 17 nitrogen and oxygen atoms in total. The number of esters is 4. The quantitative estimate of drug-likeness (QED) is 0.0222. The van der Waals surface area contributed by atoms with Crippen molar-refractivity contribution in [2.24, 2.45) is 5.92 Å². The molecule has 0 fully saturated rings. The van der Waals surface area contributed by atoms with Crippen LogP contribution >= 0.6 is 15.6 Å². The van der Waals surface area contributed by atoms with E-state index in [2.05, 4.69) is 34.6 Å². The number of aliphatic hydroxyl groups is 1. The van der Waals surface area contributed by atoms with E-state index in [1.54, 1.807) is 0 Å². The van der Waals surface area contributed by atoms with Gasteiger partial charge >= 0.3 is 39.5 Å².